The number of hydrogen-bond acceptors (Lipinski definition) is 4. The van der Waals surface area contributed by atoms with Gasteiger partial charge >= 0.3 is 0 Å². The molecule has 3 saturated heterocycles. The summed E-state index contributed by atoms with van der Waals surface area (Å²) in [5, 5.41) is 7.47. The predicted molar refractivity (Wildman–Crippen MR) is 110 cm³/mol. The molecule has 0 radical (unpaired) electrons. The molecule has 0 unspecified atom stereocenters. The maximum Gasteiger partial charge on any atom is 0.227 e. The van der Waals surface area contributed by atoms with Crippen LogP contribution < -0.4 is 5.32 Å². The third-order valence-corrected chi connectivity index (χ3v) is 8.48. The first-order valence-corrected chi connectivity index (χ1v) is 11.9. The highest BCUT2D eigenvalue weighted by Gasteiger charge is 2.57. The Labute approximate surface area is 171 Å². The fourth-order valence-corrected chi connectivity index (χ4v) is 6.85. The molecule has 6 heteroatoms. The van der Waals surface area contributed by atoms with Gasteiger partial charge in [-0.3, -0.25) is 9.59 Å². The van der Waals surface area contributed by atoms with Crippen LogP contribution in [0.1, 0.15) is 44.1 Å². The van der Waals surface area contributed by atoms with Crippen molar-refractivity contribution in [3.63, 3.8) is 0 Å². The second kappa shape index (κ2) is 7.45. The summed E-state index contributed by atoms with van der Waals surface area (Å²) in [6.07, 6.45) is 7.81. The Morgan fingerprint density at radius 2 is 2.00 bits per heavy atom. The van der Waals surface area contributed by atoms with Gasteiger partial charge in [0.2, 0.25) is 11.8 Å². The minimum Gasteiger partial charge on any atom is -0.350 e. The number of hydrogen-bond donors (Lipinski definition) is 1. The van der Waals surface area contributed by atoms with Gasteiger partial charge in [0.05, 0.1) is 12.3 Å². The zero-order valence-electron chi connectivity index (χ0n) is 16.6. The van der Waals surface area contributed by atoms with Crippen LogP contribution in [-0.4, -0.2) is 59.9 Å². The highest BCUT2D eigenvalue weighted by molar-refractivity contribution is 7.08. The van der Waals surface area contributed by atoms with E-state index in [1.807, 2.05) is 16.3 Å². The Hall–Kier alpha value is -1.40. The van der Waals surface area contributed by atoms with Crippen LogP contribution in [0.15, 0.2) is 16.8 Å². The van der Waals surface area contributed by atoms with Crippen molar-refractivity contribution in [2.75, 3.05) is 32.7 Å². The Morgan fingerprint density at radius 1 is 1.21 bits per heavy atom. The zero-order valence-corrected chi connectivity index (χ0v) is 17.4. The number of piperidine rings is 1. The molecular weight excluding hydrogens is 370 g/mol. The lowest BCUT2D eigenvalue weighted by atomic mass is 9.75. The molecule has 3 aliphatic heterocycles. The minimum absolute atomic E-state index is 0.0780. The van der Waals surface area contributed by atoms with Gasteiger partial charge in [-0.15, -0.1) is 0 Å². The van der Waals surface area contributed by atoms with Crippen LogP contribution in [0, 0.1) is 17.8 Å². The third-order valence-electron chi connectivity index (χ3n) is 7.75. The molecule has 4 heterocycles. The summed E-state index contributed by atoms with van der Waals surface area (Å²) >= 11 is 1.64. The van der Waals surface area contributed by atoms with E-state index in [-0.39, 0.29) is 23.3 Å². The second-order valence-corrected chi connectivity index (χ2v) is 10.2. The molecule has 2 amide bonds. The Bertz CT molecular complexity index is 720. The maximum absolute atomic E-state index is 12.7. The first-order chi connectivity index (χ1) is 13.6. The number of carbonyl (C=O) groups is 2. The molecule has 28 heavy (non-hydrogen) atoms. The zero-order chi connectivity index (χ0) is 19.1. The van der Waals surface area contributed by atoms with Crippen LogP contribution in [-0.2, 0) is 16.0 Å². The van der Waals surface area contributed by atoms with E-state index in [0.717, 1.165) is 50.5 Å². The first-order valence-electron chi connectivity index (χ1n) is 11.0. The molecule has 5 rings (SSSR count). The Balaban J connectivity index is 1.20. The highest BCUT2D eigenvalue weighted by atomic mass is 32.1. The topological polar surface area (TPSA) is 52.7 Å². The molecular formula is C22H31N3O2S. The smallest absolute Gasteiger partial charge is 0.227 e. The molecule has 4 fully saturated rings. The number of rotatable bonds is 4. The molecule has 1 aromatic heterocycles. The van der Waals surface area contributed by atoms with Gasteiger partial charge in [0.1, 0.15) is 0 Å². The lowest BCUT2D eigenvalue weighted by Gasteiger charge is -2.43. The summed E-state index contributed by atoms with van der Waals surface area (Å²) in [5.41, 5.74) is 1.04. The van der Waals surface area contributed by atoms with Gasteiger partial charge in [0.15, 0.2) is 0 Å². The molecule has 2 atom stereocenters. The van der Waals surface area contributed by atoms with Crippen molar-refractivity contribution in [2.24, 2.45) is 17.8 Å². The van der Waals surface area contributed by atoms with Gasteiger partial charge in [-0.25, -0.2) is 0 Å². The standard InChI is InChI=1S/C22H31N3O2S/c26-20(11-17-5-10-28-15-17)25-8-6-22(7-9-25)19-14-24(12-16-3-1-2-4-16)13-18(19)21(27)23-22/h5,10,15-16,18-19H,1-4,6-9,11-14H2,(H,23,27)/t18-,19+/m1/s1. The normalized spacial score (nSPS) is 30.1. The van der Waals surface area contributed by atoms with Gasteiger partial charge in [0.25, 0.3) is 0 Å². The molecule has 0 aromatic carbocycles. The van der Waals surface area contributed by atoms with Crippen molar-refractivity contribution in [1.82, 2.24) is 15.1 Å². The van der Waals surface area contributed by atoms with Gasteiger partial charge in [-0.2, -0.15) is 11.3 Å². The van der Waals surface area contributed by atoms with E-state index in [2.05, 4.69) is 15.6 Å². The van der Waals surface area contributed by atoms with Crippen LogP contribution in [0.4, 0.5) is 0 Å². The lowest BCUT2D eigenvalue weighted by Crippen LogP contribution is -2.56. The third kappa shape index (κ3) is 3.39. The van der Waals surface area contributed by atoms with E-state index in [9.17, 15) is 9.59 Å². The number of nitrogens with one attached hydrogen (secondary N) is 1. The van der Waals surface area contributed by atoms with Gasteiger partial charge < -0.3 is 15.1 Å². The molecule has 1 N–H and O–H groups in total. The van der Waals surface area contributed by atoms with Crippen molar-refractivity contribution in [3.05, 3.63) is 22.4 Å². The van der Waals surface area contributed by atoms with Gasteiger partial charge in [-0.1, -0.05) is 12.8 Å². The van der Waals surface area contributed by atoms with E-state index in [0.29, 0.717) is 12.3 Å². The van der Waals surface area contributed by atoms with Crippen LogP contribution in [0.2, 0.25) is 0 Å². The van der Waals surface area contributed by atoms with Crippen molar-refractivity contribution in [3.8, 4) is 0 Å². The molecule has 5 nitrogen and oxygen atoms in total. The largest absolute Gasteiger partial charge is 0.350 e. The van der Waals surface area contributed by atoms with E-state index >= 15 is 0 Å². The molecule has 1 saturated carbocycles. The van der Waals surface area contributed by atoms with E-state index in [1.54, 1.807) is 11.3 Å². The van der Waals surface area contributed by atoms with Crippen molar-refractivity contribution >= 4 is 23.2 Å². The Morgan fingerprint density at radius 3 is 2.71 bits per heavy atom. The number of carbonyl (C=O) groups excluding carboxylic acids is 2. The van der Waals surface area contributed by atoms with Crippen LogP contribution in [0.3, 0.4) is 0 Å². The summed E-state index contributed by atoms with van der Waals surface area (Å²) in [7, 11) is 0. The van der Waals surface area contributed by atoms with Gasteiger partial charge in [-0.05, 0) is 54.0 Å². The first kappa shape index (κ1) is 18.6. The SMILES string of the molecule is O=C1NC2(CCN(C(=O)Cc3ccsc3)CC2)[C@H]2CN(CC3CCCC3)C[C@@H]12. The summed E-state index contributed by atoms with van der Waals surface area (Å²) in [6, 6.07) is 2.03. The molecule has 4 aliphatic rings. The van der Waals surface area contributed by atoms with Crippen molar-refractivity contribution in [2.45, 2.75) is 50.5 Å². The molecule has 1 aromatic rings. The minimum atomic E-state index is -0.0780. The van der Waals surface area contributed by atoms with Crippen LogP contribution in [0.5, 0.6) is 0 Å². The van der Waals surface area contributed by atoms with Gasteiger partial charge in [0, 0.05) is 44.2 Å². The summed E-state index contributed by atoms with van der Waals surface area (Å²) in [6.45, 7) is 4.73. The fraction of sp³-hybridized carbons (Fsp3) is 0.727. The number of amides is 2. The van der Waals surface area contributed by atoms with Crippen molar-refractivity contribution in [1.29, 1.82) is 0 Å². The number of nitrogens with zero attached hydrogens (tertiary/aromatic N) is 2. The van der Waals surface area contributed by atoms with E-state index in [4.69, 9.17) is 0 Å². The van der Waals surface area contributed by atoms with Crippen molar-refractivity contribution < 1.29 is 9.59 Å². The number of thiophene rings is 1. The van der Waals surface area contributed by atoms with E-state index in [1.165, 1.54) is 32.2 Å². The average Bonchev–Trinajstić information content (AvgIpc) is 3.46. The second-order valence-electron chi connectivity index (χ2n) is 9.42. The monoisotopic (exact) mass is 401 g/mol. The van der Waals surface area contributed by atoms with Crippen LogP contribution >= 0.6 is 11.3 Å². The average molecular weight is 402 g/mol. The number of likely N-dealkylation sites (tertiary alicyclic amines) is 2. The quantitative estimate of drug-likeness (QED) is 0.844. The summed E-state index contributed by atoms with van der Waals surface area (Å²) < 4.78 is 0. The summed E-state index contributed by atoms with van der Waals surface area (Å²) in [5.74, 6) is 1.92. The highest BCUT2D eigenvalue weighted by Crippen LogP contribution is 2.44. The Kier molecular flexibility index (Phi) is 4.95. The predicted octanol–water partition coefficient (Wildman–Crippen LogP) is 2.52. The fourth-order valence-electron chi connectivity index (χ4n) is 6.18. The molecule has 1 aliphatic carbocycles. The maximum atomic E-state index is 12.7. The summed E-state index contributed by atoms with van der Waals surface area (Å²) in [4.78, 5) is 29.9. The lowest BCUT2D eigenvalue weighted by molar-refractivity contribution is -0.132. The van der Waals surface area contributed by atoms with E-state index < -0.39 is 0 Å². The molecule has 0 bridgehead atoms. The molecule has 152 valence electrons. The number of fused-ring (bicyclic) bond motifs is 2. The molecule has 1 spiro atoms. The van der Waals surface area contributed by atoms with Crippen LogP contribution in [0.25, 0.3) is 0 Å².